The van der Waals surface area contributed by atoms with Gasteiger partial charge in [-0.05, 0) is 35.2 Å². The highest BCUT2D eigenvalue weighted by Crippen LogP contribution is 2.28. The molecule has 0 radical (unpaired) electrons. The molecular formula is C10H15BrN4. The highest BCUT2D eigenvalue weighted by atomic mass is 79.9. The summed E-state index contributed by atoms with van der Waals surface area (Å²) >= 11 is 3.47. The number of hydrogen-bond acceptors (Lipinski definition) is 4. The second-order valence-electron chi connectivity index (χ2n) is 4.05. The van der Waals surface area contributed by atoms with Crippen molar-refractivity contribution in [1.82, 2.24) is 9.97 Å². The van der Waals surface area contributed by atoms with Crippen molar-refractivity contribution in [2.45, 2.75) is 19.4 Å². The first-order valence-electron chi connectivity index (χ1n) is 5.14. The zero-order valence-electron chi connectivity index (χ0n) is 8.73. The van der Waals surface area contributed by atoms with E-state index in [9.17, 15) is 0 Å². The molecule has 2 unspecified atom stereocenters. The predicted octanol–water partition coefficient (Wildman–Crippen LogP) is 1.41. The first-order chi connectivity index (χ1) is 7.18. The number of rotatable bonds is 2. The molecule has 15 heavy (non-hydrogen) atoms. The molecule has 1 aliphatic heterocycles. The van der Waals surface area contributed by atoms with Crippen molar-refractivity contribution in [3.05, 3.63) is 17.0 Å². The Morgan fingerprint density at radius 2 is 2.47 bits per heavy atom. The van der Waals surface area contributed by atoms with Crippen LogP contribution in [0.5, 0.6) is 0 Å². The first kappa shape index (κ1) is 10.8. The molecule has 82 valence electrons. The Morgan fingerprint density at radius 1 is 1.67 bits per heavy atom. The van der Waals surface area contributed by atoms with E-state index in [2.05, 4.69) is 37.7 Å². The molecule has 1 saturated heterocycles. The maximum Gasteiger partial charge on any atom is 0.146 e. The molecule has 2 rings (SSSR count). The number of nitrogens with two attached hydrogens (primary N) is 1. The zero-order valence-corrected chi connectivity index (χ0v) is 10.3. The molecule has 0 saturated carbocycles. The van der Waals surface area contributed by atoms with Crippen molar-refractivity contribution in [1.29, 1.82) is 0 Å². The molecular weight excluding hydrogens is 256 g/mol. The van der Waals surface area contributed by atoms with Crippen LogP contribution in [0, 0.1) is 5.92 Å². The Bertz CT molecular complexity index is 342. The van der Waals surface area contributed by atoms with Crippen molar-refractivity contribution >= 4 is 21.7 Å². The van der Waals surface area contributed by atoms with Crippen LogP contribution < -0.4 is 10.6 Å². The largest absolute Gasteiger partial charge is 0.355 e. The van der Waals surface area contributed by atoms with Crippen LogP contribution in [0.15, 0.2) is 17.0 Å². The van der Waals surface area contributed by atoms with Gasteiger partial charge in [0, 0.05) is 25.3 Å². The van der Waals surface area contributed by atoms with Crippen LogP contribution in [0.2, 0.25) is 0 Å². The minimum Gasteiger partial charge on any atom is -0.355 e. The highest BCUT2D eigenvalue weighted by Gasteiger charge is 2.26. The summed E-state index contributed by atoms with van der Waals surface area (Å²) in [4.78, 5) is 10.5. The van der Waals surface area contributed by atoms with Crippen molar-refractivity contribution in [2.24, 2.45) is 11.7 Å². The number of hydrogen-bond donors (Lipinski definition) is 1. The molecule has 1 aromatic heterocycles. The third-order valence-electron chi connectivity index (χ3n) is 2.92. The molecule has 0 amide bonds. The monoisotopic (exact) mass is 270 g/mol. The van der Waals surface area contributed by atoms with Gasteiger partial charge in [0.1, 0.15) is 12.1 Å². The molecule has 1 aromatic rings. The van der Waals surface area contributed by atoms with E-state index >= 15 is 0 Å². The SMILES string of the molecule is CC(N)C1CCN(c2ncncc2Br)C1. The van der Waals surface area contributed by atoms with Crippen LogP contribution in [0.25, 0.3) is 0 Å². The Morgan fingerprint density at radius 3 is 3.07 bits per heavy atom. The third kappa shape index (κ3) is 2.29. The van der Waals surface area contributed by atoms with E-state index < -0.39 is 0 Å². The van der Waals surface area contributed by atoms with Gasteiger partial charge >= 0.3 is 0 Å². The fourth-order valence-electron chi connectivity index (χ4n) is 1.95. The summed E-state index contributed by atoms with van der Waals surface area (Å²) in [5.41, 5.74) is 5.90. The maximum absolute atomic E-state index is 5.90. The third-order valence-corrected chi connectivity index (χ3v) is 3.48. The molecule has 0 aliphatic carbocycles. The van der Waals surface area contributed by atoms with Gasteiger partial charge < -0.3 is 10.6 Å². The lowest BCUT2D eigenvalue weighted by Gasteiger charge is -2.19. The van der Waals surface area contributed by atoms with Gasteiger partial charge in [-0.1, -0.05) is 0 Å². The van der Waals surface area contributed by atoms with Gasteiger partial charge in [0.2, 0.25) is 0 Å². The normalized spacial score (nSPS) is 23.1. The fourth-order valence-corrected chi connectivity index (χ4v) is 2.42. The number of aromatic nitrogens is 2. The lowest BCUT2D eigenvalue weighted by Crippen LogP contribution is -2.30. The molecule has 2 N–H and O–H groups in total. The summed E-state index contributed by atoms with van der Waals surface area (Å²) in [5.74, 6) is 1.56. The Kier molecular flexibility index (Phi) is 3.21. The minimum atomic E-state index is 0.260. The quantitative estimate of drug-likeness (QED) is 0.883. The van der Waals surface area contributed by atoms with E-state index in [1.165, 1.54) is 0 Å². The Labute approximate surface area is 98.0 Å². The summed E-state index contributed by atoms with van der Waals surface area (Å²) in [6.07, 6.45) is 4.51. The van der Waals surface area contributed by atoms with Crippen LogP contribution in [-0.4, -0.2) is 29.1 Å². The van der Waals surface area contributed by atoms with Gasteiger partial charge in [-0.25, -0.2) is 9.97 Å². The molecule has 4 nitrogen and oxygen atoms in total. The molecule has 0 aromatic carbocycles. The van der Waals surface area contributed by atoms with E-state index in [-0.39, 0.29) is 6.04 Å². The van der Waals surface area contributed by atoms with Crippen molar-refractivity contribution < 1.29 is 0 Å². The van der Waals surface area contributed by atoms with Gasteiger partial charge in [0.05, 0.1) is 4.47 Å². The van der Waals surface area contributed by atoms with Crippen molar-refractivity contribution in [2.75, 3.05) is 18.0 Å². The summed E-state index contributed by atoms with van der Waals surface area (Å²) in [6, 6.07) is 0.260. The highest BCUT2D eigenvalue weighted by molar-refractivity contribution is 9.10. The number of nitrogens with zero attached hydrogens (tertiary/aromatic N) is 3. The summed E-state index contributed by atoms with van der Waals surface area (Å²) in [6.45, 7) is 4.10. The van der Waals surface area contributed by atoms with Crippen LogP contribution in [0.1, 0.15) is 13.3 Å². The lowest BCUT2D eigenvalue weighted by molar-refractivity contribution is 0.488. The van der Waals surface area contributed by atoms with Crippen LogP contribution >= 0.6 is 15.9 Å². The van der Waals surface area contributed by atoms with E-state index in [1.807, 2.05) is 0 Å². The van der Waals surface area contributed by atoms with Crippen molar-refractivity contribution in [3.63, 3.8) is 0 Å². The molecule has 1 aliphatic rings. The molecule has 1 fully saturated rings. The summed E-state index contributed by atoms with van der Waals surface area (Å²) < 4.78 is 0.954. The van der Waals surface area contributed by atoms with Gasteiger partial charge in [0.25, 0.3) is 0 Å². The second-order valence-corrected chi connectivity index (χ2v) is 4.90. The van der Waals surface area contributed by atoms with E-state index in [0.29, 0.717) is 5.92 Å². The number of anilines is 1. The average molecular weight is 271 g/mol. The molecule has 2 atom stereocenters. The Hall–Kier alpha value is -0.680. The van der Waals surface area contributed by atoms with Crippen LogP contribution in [-0.2, 0) is 0 Å². The molecule has 2 heterocycles. The van der Waals surface area contributed by atoms with Crippen LogP contribution in [0.4, 0.5) is 5.82 Å². The molecule has 0 bridgehead atoms. The molecule has 0 spiro atoms. The second kappa shape index (κ2) is 4.45. The summed E-state index contributed by atoms with van der Waals surface area (Å²) in [7, 11) is 0. The van der Waals surface area contributed by atoms with Crippen LogP contribution in [0.3, 0.4) is 0 Å². The fraction of sp³-hybridized carbons (Fsp3) is 0.600. The smallest absolute Gasteiger partial charge is 0.146 e. The van der Waals surface area contributed by atoms with E-state index in [1.54, 1.807) is 12.5 Å². The van der Waals surface area contributed by atoms with Crippen molar-refractivity contribution in [3.8, 4) is 0 Å². The first-order valence-corrected chi connectivity index (χ1v) is 5.94. The van der Waals surface area contributed by atoms with Gasteiger partial charge in [-0.15, -0.1) is 0 Å². The predicted molar refractivity (Wildman–Crippen MR) is 63.7 cm³/mol. The standard InChI is InChI=1S/C10H15BrN4/c1-7(12)8-2-3-15(5-8)10-9(11)4-13-6-14-10/h4,6-8H,2-3,5,12H2,1H3. The number of halogens is 1. The zero-order chi connectivity index (χ0) is 10.8. The van der Waals surface area contributed by atoms with Gasteiger partial charge in [-0.2, -0.15) is 0 Å². The van der Waals surface area contributed by atoms with E-state index in [0.717, 1.165) is 29.8 Å². The topological polar surface area (TPSA) is 55.0 Å². The van der Waals surface area contributed by atoms with E-state index in [4.69, 9.17) is 5.73 Å². The maximum atomic E-state index is 5.90. The summed E-state index contributed by atoms with van der Waals surface area (Å²) in [5, 5.41) is 0. The van der Waals surface area contributed by atoms with Gasteiger partial charge in [0.15, 0.2) is 0 Å². The van der Waals surface area contributed by atoms with Gasteiger partial charge in [-0.3, -0.25) is 0 Å². The molecule has 5 heteroatoms. The average Bonchev–Trinajstić information content (AvgIpc) is 2.67. The lowest BCUT2D eigenvalue weighted by atomic mass is 10.0. The Balaban J connectivity index is 2.11. The minimum absolute atomic E-state index is 0.260.